The van der Waals surface area contributed by atoms with E-state index < -0.39 is 0 Å². The second-order valence-corrected chi connectivity index (χ2v) is 4.47. The van der Waals surface area contributed by atoms with E-state index in [4.69, 9.17) is 5.73 Å². The first-order valence-electron chi connectivity index (χ1n) is 5.92. The average Bonchev–Trinajstić information content (AvgIpc) is 2.40. The van der Waals surface area contributed by atoms with Crippen LogP contribution in [0.2, 0.25) is 0 Å². The Kier molecular flexibility index (Phi) is 3.46. The van der Waals surface area contributed by atoms with Crippen molar-refractivity contribution in [2.75, 3.05) is 17.7 Å². The van der Waals surface area contributed by atoms with Gasteiger partial charge >= 0.3 is 0 Å². The molecule has 1 aromatic heterocycles. The van der Waals surface area contributed by atoms with E-state index in [2.05, 4.69) is 23.0 Å². The minimum atomic E-state index is 0.728. The lowest BCUT2D eigenvalue weighted by atomic mass is 10.0. The molecule has 0 spiro atoms. The van der Waals surface area contributed by atoms with Gasteiger partial charge < -0.3 is 10.6 Å². The molecule has 0 saturated heterocycles. The lowest BCUT2D eigenvalue weighted by Gasteiger charge is -2.19. The first kappa shape index (κ1) is 12.4. The first-order valence-corrected chi connectivity index (χ1v) is 5.92. The molecule has 2 rings (SSSR count). The zero-order valence-corrected chi connectivity index (χ0v) is 11.0. The SMILES string of the molecule is Cc1c(N)ccc(CN(C)c2ncccn2)c1C. The molecule has 2 N–H and O–H groups in total. The molecular weight excluding hydrogens is 224 g/mol. The van der Waals surface area contributed by atoms with Crippen molar-refractivity contribution in [2.24, 2.45) is 0 Å². The molecule has 0 bridgehead atoms. The number of rotatable bonds is 3. The molecule has 1 heterocycles. The molecule has 0 aliphatic rings. The highest BCUT2D eigenvalue weighted by atomic mass is 15.2. The number of aromatic nitrogens is 2. The molecule has 4 heteroatoms. The normalized spacial score (nSPS) is 10.4. The fourth-order valence-electron chi connectivity index (χ4n) is 1.88. The van der Waals surface area contributed by atoms with Gasteiger partial charge in [0, 0.05) is 31.7 Å². The summed E-state index contributed by atoms with van der Waals surface area (Å²) in [5, 5.41) is 0. The van der Waals surface area contributed by atoms with Gasteiger partial charge in [-0.05, 0) is 42.7 Å². The molecule has 0 unspecified atom stereocenters. The van der Waals surface area contributed by atoms with E-state index >= 15 is 0 Å². The topological polar surface area (TPSA) is 55.0 Å². The number of benzene rings is 1. The molecule has 0 atom stereocenters. The van der Waals surface area contributed by atoms with Crippen molar-refractivity contribution < 1.29 is 0 Å². The summed E-state index contributed by atoms with van der Waals surface area (Å²) in [6.45, 7) is 4.92. The Labute approximate surface area is 107 Å². The fourth-order valence-corrected chi connectivity index (χ4v) is 1.88. The Morgan fingerprint density at radius 3 is 2.44 bits per heavy atom. The summed E-state index contributed by atoms with van der Waals surface area (Å²) in [5.74, 6) is 0.728. The van der Waals surface area contributed by atoms with E-state index in [-0.39, 0.29) is 0 Å². The molecule has 2 aromatic rings. The lowest BCUT2D eigenvalue weighted by Crippen LogP contribution is -2.19. The van der Waals surface area contributed by atoms with Crippen molar-refractivity contribution in [1.82, 2.24) is 9.97 Å². The van der Waals surface area contributed by atoms with Crippen LogP contribution in [0.5, 0.6) is 0 Å². The minimum absolute atomic E-state index is 0.728. The number of nitrogens with two attached hydrogens (primary N) is 1. The summed E-state index contributed by atoms with van der Waals surface area (Å²) >= 11 is 0. The second kappa shape index (κ2) is 5.04. The monoisotopic (exact) mass is 242 g/mol. The van der Waals surface area contributed by atoms with Gasteiger partial charge in [0.2, 0.25) is 5.95 Å². The Balaban J connectivity index is 2.22. The molecule has 4 nitrogen and oxygen atoms in total. The first-order chi connectivity index (χ1) is 8.59. The van der Waals surface area contributed by atoms with Crippen molar-refractivity contribution >= 4 is 11.6 Å². The van der Waals surface area contributed by atoms with Gasteiger partial charge in [-0.15, -0.1) is 0 Å². The maximum Gasteiger partial charge on any atom is 0.225 e. The van der Waals surface area contributed by atoms with Crippen LogP contribution in [0.4, 0.5) is 11.6 Å². The van der Waals surface area contributed by atoms with E-state index in [1.807, 2.05) is 31.0 Å². The molecule has 94 valence electrons. The summed E-state index contributed by atoms with van der Waals surface area (Å²) in [5.41, 5.74) is 10.4. The van der Waals surface area contributed by atoms with E-state index in [1.165, 1.54) is 11.1 Å². The van der Waals surface area contributed by atoms with Gasteiger partial charge in [0.05, 0.1) is 0 Å². The van der Waals surface area contributed by atoms with Crippen LogP contribution in [-0.4, -0.2) is 17.0 Å². The summed E-state index contributed by atoms with van der Waals surface area (Å²) in [4.78, 5) is 10.5. The Morgan fingerprint density at radius 1 is 1.11 bits per heavy atom. The van der Waals surface area contributed by atoms with Gasteiger partial charge in [0.15, 0.2) is 0 Å². The molecule has 0 aliphatic heterocycles. The molecular formula is C14H18N4. The van der Waals surface area contributed by atoms with E-state index in [1.54, 1.807) is 12.4 Å². The minimum Gasteiger partial charge on any atom is -0.399 e. The third-order valence-electron chi connectivity index (χ3n) is 3.24. The third kappa shape index (κ3) is 2.42. The fraction of sp³-hybridized carbons (Fsp3) is 0.286. The van der Waals surface area contributed by atoms with Crippen LogP contribution < -0.4 is 10.6 Å². The van der Waals surface area contributed by atoms with Gasteiger partial charge in [0.25, 0.3) is 0 Å². The van der Waals surface area contributed by atoms with Crippen LogP contribution in [0.25, 0.3) is 0 Å². The van der Waals surface area contributed by atoms with E-state index in [9.17, 15) is 0 Å². The number of nitrogen functional groups attached to an aromatic ring is 1. The molecule has 18 heavy (non-hydrogen) atoms. The molecule has 0 fully saturated rings. The summed E-state index contributed by atoms with van der Waals surface area (Å²) < 4.78 is 0. The quantitative estimate of drug-likeness (QED) is 0.839. The molecule has 1 aromatic carbocycles. The van der Waals surface area contributed by atoms with Crippen molar-refractivity contribution in [3.63, 3.8) is 0 Å². The van der Waals surface area contributed by atoms with Gasteiger partial charge in [0.1, 0.15) is 0 Å². The van der Waals surface area contributed by atoms with Crippen molar-refractivity contribution in [3.05, 3.63) is 47.3 Å². The highest BCUT2D eigenvalue weighted by Crippen LogP contribution is 2.21. The Morgan fingerprint density at radius 2 is 1.78 bits per heavy atom. The number of nitrogens with zero attached hydrogens (tertiary/aromatic N) is 3. The second-order valence-electron chi connectivity index (χ2n) is 4.47. The van der Waals surface area contributed by atoms with Crippen LogP contribution >= 0.6 is 0 Å². The zero-order chi connectivity index (χ0) is 13.1. The third-order valence-corrected chi connectivity index (χ3v) is 3.24. The van der Waals surface area contributed by atoms with Crippen LogP contribution in [0.15, 0.2) is 30.6 Å². The highest BCUT2D eigenvalue weighted by Gasteiger charge is 2.08. The zero-order valence-electron chi connectivity index (χ0n) is 11.0. The number of hydrogen-bond donors (Lipinski definition) is 1. The van der Waals surface area contributed by atoms with Gasteiger partial charge in [-0.25, -0.2) is 9.97 Å². The largest absolute Gasteiger partial charge is 0.399 e. The van der Waals surface area contributed by atoms with Crippen molar-refractivity contribution in [2.45, 2.75) is 20.4 Å². The summed E-state index contributed by atoms with van der Waals surface area (Å²) in [7, 11) is 1.99. The predicted octanol–water partition coefficient (Wildman–Crippen LogP) is 2.31. The Bertz CT molecular complexity index is 537. The number of hydrogen-bond acceptors (Lipinski definition) is 4. The lowest BCUT2D eigenvalue weighted by molar-refractivity contribution is 0.859. The predicted molar refractivity (Wildman–Crippen MR) is 74.5 cm³/mol. The van der Waals surface area contributed by atoms with Crippen LogP contribution in [0.1, 0.15) is 16.7 Å². The van der Waals surface area contributed by atoms with Gasteiger partial charge in [-0.2, -0.15) is 0 Å². The molecule has 0 radical (unpaired) electrons. The van der Waals surface area contributed by atoms with Crippen molar-refractivity contribution in [3.8, 4) is 0 Å². The molecule has 0 aliphatic carbocycles. The Hall–Kier alpha value is -2.10. The maximum absolute atomic E-state index is 5.89. The standard InChI is InChI=1S/C14H18N4/c1-10-11(2)13(15)6-5-12(10)9-18(3)14-16-7-4-8-17-14/h4-8H,9,15H2,1-3H3. The number of anilines is 2. The average molecular weight is 242 g/mol. The van der Waals surface area contributed by atoms with Crippen LogP contribution in [0, 0.1) is 13.8 Å². The van der Waals surface area contributed by atoms with Crippen LogP contribution in [0.3, 0.4) is 0 Å². The van der Waals surface area contributed by atoms with Gasteiger partial charge in [-0.1, -0.05) is 6.07 Å². The van der Waals surface area contributed by atoms with E-state index in [0.717, 1.165) is 23.7 Å². The summed E-state index contributed by atoms with van der Waals surface area (Å²) in [6, 6.07) is 5.84. The van der Waals surface area contributed by atoms with Crippen molar-refractivity contribution in [1.29, 1.82) is 0 Å². The smallest absolute Gasteiger partial charge is 0.225 e. The van der Waals surface area contributed by atoms with Gasteiger partial charge in [-0.3, -0.25) is 0 Å². The van der Waals surface area contributed by atoms with Crippen LogP contribution in [-0.2, 0) is 6.54 Å². The summed E-state index contributed by atoms with van der Waals surface area (Å²) in [6.07, 6.45) is 3.50. The molecule has 0 amide bonds. The van der Waals surface area contributed by atoms with E-state index in [0.29, 0.717) is 0 Å². The molecule has 0 saturated carbocycles. The highest BCUT2D eigenvalue weighted by molar-refractivity contribution is 5.53. The maximum atomic E-state index is 5.89.